The molecule has 1 atom stereocenters. The Morgan fingerprint density at radius 1 is 1.21 bits per heavy atom. The highest BCUT2D eigenvalue weighted by Gasteiger charge is 2.19. The molecular weight excluding hydrogens is 240 g/mol. The lowest BCUT2D eigenvalue weighted by Gasteiger charge is -2.18. The first-order chi connectivity index (χ1) is 9.20. The average Bonchev–Trinajstić information content (AvgIpc) is 2.69. The highest BCUT2D eigenvalue weighted by atomic mass is 16.5. The van der Waals surface area contributed by atoms with Gasteiger partial charge < -0.3 is 14.7 Å². The van der Waals surface area contributed by atoms with E-state index >= 15 is 0 Å². The normalized spacial score (nSPS) is 18.6. The van der Waals surface area contributed by atoms with Crippen LogP contribution in [0.4, 0.5) is 5.95 Å². The second-order valence-electron chi connectivity index (χ2n) is 5.73. The van der Waals surface area contributed by atoms with Crippen LogP contribution < -0.4 is 10.2 Å². The molecule has 108 valence electrons. The van der Waals surface area contributed by atoms with E-state index in [4.69, 9.17) is 4.52 Å². The van der Waals surface area contributed by atoms with Gasteiger partial charge in [0, 0.05) is 25.6 Å². The maximum absolute atomic E-state index is 5.40. The number of anilines is 1. The van der Waals surface area contributed by atoms with Gasteiger partial charge in [0.25, 0.3) is 5.95 Å². The summed E-state index contributed by atoms with van der Waals surface area (Å²) in [5.74, 6) is 2.07. The maximum atomic E-state index is 5.40. The van der Waals surface area contributed by atoms with Crippen LogP contribution in [0.3, 0.4) is 0 Å². The van der Waals surface area contributed by atoms with Gasteiger partial charge in [-0.15, -0.1) is 0 Å². The van der Waals surface area contributed by atoms with Crippen molar-refractivity contribution in [3.8, 4) is 0 Å². The molecule has 1 aromatic heterocycles. The van der Waals surface area contributed by atoms with Gasteiger partial charge in [0.1, 0.15) is 0 Å². The van der Waals surface area contributed by atoms with Crippen LogP contribution in [0.1, 0.15) is 45.4 Å². The summed E-state index contributed by atoms with van der Waals surface area (Å²) in [6, 6.07) is 0.387. The smallest absolute Gasteiger partial charge is 0.266 e. The number of rotatable bonds is 5. The van der Waals surface area contributed by atoms with Crippen LogP contribution in [-0.2, 0) is 6.42 Å². The predicted octanol–water partition coefficient (Wildman–Crippen LogP) is 2.24. The van der Waals surface area contributed by atoms with Gasteiger partial charge in [-0.1, -0.05) is 26.7 Å². The van der Waals surface area contributed by atoms with Gasteiger partial charge in [-0.05, 0) is 31.0 Å². The quantitative estimate of drug-likeness (QED) is 0.885. The number of nitrogens with zero attached hydrogens (tertiary/aromatic N) is 3. The zero-order valence-corrected chi connectivity index (χ0v) is 12.4. The summed E-state index contributed by atoms with van der Waals surface area (Å²) in [6.07, 6.45) is 5.89. The van der Waals surface area contributed by atoms with Crippen LogP contribution in [0.15, 0.2) is 4.52 Å². The van der Waals surface area contributed by atoms with Crippen molar-refractivity contribution in [2.75, 3.05) is 25.0 Å². The monoisotopic (exact) mass is 266 g/mol. The third-order valence-electron chi connectivity index (χ3n) is 3.92. The van der Waals surface area contributed by atoms with Crippen LogP contribution in [0, 0.1) is 5.92 Å². The van der Waals surface area contributed by atoms with Gasteiger partial charge in [-0.3, -0.25) is 0 Å². The van der Waals surface area contributed by atoms with Gasteiger partial charge in [0.15, 0.2) is 0 Å². The van der Waals surface area contributed by atoms with Crippen molar-refractivity contribution in [2.45, 2.75) is 52.0 Å². The fraction of sp³-hybridized carbons (Fsp3) is 0.857. The van der Waals surface area contributed by atoms with Gasteiger partial charge in [-0.2, -0.15) is 4.98 Å². The molecule has 2 rings (SSSR count). The van der Waals surface area contributed by atoms with E-state index in [1.54, 1.807) is 0 Å². The van der Waals surface area contributed by atoms with Gasteiger partial charge in [0.2, 0.25) is 5.89 Å². The lowest BCUT2D eigenvalue weighted by atomic mass is 10.0. The van der Waals surface area contributed by atoms with E-state index in [0.29, 0.717) is 12.0 Å². The van der Waals surface area contributed by atoms with Gasteiger partial charge >= 0.3 is 0 Å². The Morgan fingerprint density at radius 2 is 1.89 bits per heavy atom. The Balaban J connectivity index is 1.97. The fourth-order valence-electron chi connectivity index (χ4n) is 2.59. The molecule has 5 heteroatoms. The van der Waals surface area contributed by atoms with Crippen molar-refractivity contribution in [1.82, 2.24) is 15.5 Å². The highest BCUT2D eigenvalue weighted by molar-refractivity contribution is 5.27. The number of nitrogens with one attached hydrogen (secondary N) is 1. The van der Waals surface area contributed by atoms with Crippen LogP contribution in [0.5, 0.6) is 0 Å². The van der Waals surface area contributed by atoms with E-state index in [1.165, 1.54) is 25.7 Å². The summed E-state index contributed by atoms with van der Waals surface area (Å²) in [5.41, 5.74) is 0. The van der Waals surface area contributed by atoms with Crippen LogP contribution in [0.2, 0.25) is 0 Å². The van der Waals surface area contributed by atoms with Gasteiger partial charge in [0.05, 0.1) is 0 Å². The molecule has 0 bridgehead atoms. The van der Waals surface area contributed by atoms with Crippen molar-refractivity contribution in [3.63, 3.8) is 0 Å². The maximum Gasteiger partial charge on any atom is 0.266 e. The molecule has 1 aromatic rings. The van der Waals surface area contributed by atoms with Crippen molar-refractivity contribution in [3.05, 3.63) is 5.89 Å². The Morgan fingerprint density at radius 3 is 2.47 bits per heavy atom. The van der Waals surface area contributed by atoms with E-state index in [2.05, 4.69) is 34.2 Å². The largest absolute Gasteiger partial charge is 0.338 e. The molecule has 19 heavy (non-hydrogen) atoms. The van der Waals surface area contributed by atoms with Crippen molar-refractivity contribution in [2.24, 2.45) is 5.92 Å². The first kappa shape index (κ1) is 14.3. The molecule has 0 saturated carbocycles. The Bertz CT molecular complexity index is 369. The van der Waals surface area contributed by atoms with E-state index in [0.717, 1.165) is 31.3 Å². The van der Waals surface area contributed by atoms with Crippen molar-refractivity contribution < 1.29 is 4.52 Å². The predicted molar refractivity (Wildman–Crippen MR) is 76.4 cm³/mol. The molecular formula is C14H26N4O. The van der Waals surface area contributed by atoms with E-state index in [1.807, 2.05) is 7.05 Å². The Labute approximate surface area is 115 Å². The summed E-state index contributed by atoms with van der Waals surface area (Å²) in [5, 5.41) is 7.45. The number of hydrogen-bond acceptors (Lipinski definition) is 5. The summed E-state index contributed by atoms with van der Waals surface area (Å²) in [6.45, 7) is 6.51. The number of likely N-dealkylation sites (N-methyl/N-ethyl adjacent to an activating group) is 1. The molecule has 0 amide bonds. The van der Waals surface area contributed by atoms with Crippen molar-refractivity contribution in [1.29, 1.82) is 0 Å². The van der Waals surface area contributed by atoms with E-state index < -0.39 is 0 Å². The lowest BCUT2D eigenvalue weighted by Crippen LogP contribution is -2.32. The molecule has 0 spiro atoms. The minimum absolute atomic E-state index is 0.387. The van der Waals surface area contributed by atoms with Crippen molar-refractivity contribution >= 4 is 5.95 Å². The molecule has 1 unspecified atom stereocenters. The topological polar surface area (TPSA) is 54.2 Å². The van der Waals surface area contributed by atoms with Crippen LogP contribution in [-0.4, -0.2) is 36.3 Å². The molecule has 2 heterocycles. The summed E-state index contributed by atoms with van der Waals surface area (Å²) >= 11 is 0. The van der Waals surface area contributed by atoms with Crippen LogP contribution in [0.25, 0.3) is 0 Å². The molecule has 0 radical (unpaired) electrons. The van der Waals surface area contributed by atoms with Gasteiger partial charge in [-0.25, -0.2) is 0 Å². The minimum atomic E-state index is 0.387. The fourth-order valence-corrected chi connectivity index (χ4v) is 2.59. The zero-order valence-electron chi connectivity index (χ0n) is 12.4. The zero-order chi connectivity index (χ0) is 13.7. The second-order valence-corrected chi connectivity index (χ2v) is 5.73. The third kappa shape index (κ3) is 3.93. The summed E-state index contributed by atoms with van der Waals surface area (Å²) in [4.78, 5) is 6.81. The number of aromatic nitrogens is 2. The minimum Gasteiger partial charge on any atom is -0.338 e. The SMILES string of the molecule is CNC(Cc1nc(N2CCCCCC2)no1)C(C)C. The molecule has 0 aliphatic carbocycles. The first-order valence-corrected chi connectivity index (χ1v) is 7.45. The van der Waals surface area contributed by atoms with Crippen LogP contribution >= 0.6 is 0 Å². The van der Waals surface area contributed by atoms with E-state index in [9.17, 15) is 0 Å². The lowest BCUT2D eigenvalue weighted by molar-refractivity contribution is 0.335. The Hall–Kier alpha value is -1.10. The Kier molecular flexibility index (Phi) is 5.19. The molecule has 5 nitrogen and oxygen atoms in total. The average molecular weight is 266 g/mol. The van der Waals surface area contributed by atoms with E-state index in [-0.39, 0.29) is 0 Å². The standard InChI is InChI=1S/C14H26N4O/c1-11(2)12(15-3)10-13-16-14(17-19-13)18-8-6-4-5-7-9-18/h11-12,15H,4-10H2,1-3H3. The summed E-state index contributed by atoms with van der Waals surface area (Å²) < 4.78 is 5.40. The molecule has 0 aromatic carbocycles. The molecule has 1 aliphatic rings. The summed E-state index contributed by atoms with van der Waals surface area (Å²) in [7, 11) is 1.98. The molecule has 1 saturated heterocycles. The third-order valence-corrected chi connectivity index (χ3v) is 3.92. The molecule has 1 N–H and O–H groups in total. The number of hydrogen-bond donors (Lipinski definition) is 1. The second kappa shape index (κ2) is 6.89. The molecule has 1 aliphatic heterocycles. The highest BCUT2D eigenvalue weighted by Crippen LogP contribution is 2.17. The molecule has 1 fully saturated rings. The first-order valence-electron chi connectivity index (χ1n) is 7.45.